The standard InChI is InChI=1S/C26H30N2O2/c1-2-30-22-14-12-20(13-15-22)18-26(29)27-19-25(28-16-5-6-17-28)24-11-7-9-21-8-3-4-10-23(21)24/h3-4,7-15,25H,2,5-6,16-19H2,1H3,(H,27,29)/t25-/m1/s1. The van der Waals surface area contributed by atoms with Crippen molar-refractivity contribution in [2.75, 3.05) is 26.2 Å². The van der Waals surface area contributed by atoms with Gasteiger partial charge in [0.1, 0.15) is 5.75 Å². The van der Waals surface area contributed by atoms with Crippen molar-refractivity contribution in [2.45, 2.75) is 32.2 Å². The van der Waals surface area contributed by atoms with Crippen LogP contribution in [0.1, 0.15) is 36.9 Å². The molecule has 1 fully saturated rings. The van der Waals surface area contributed by atoms with Crippen LogP contribution in [0.15, 0.2) is 66.7 Å². The molecule has 1 heterocycles. The fraction of sp³-hybridized carbons (Fsp3) is 0.346. The Balaban J connectivity index is 1.46. The van der Waals surface area contributed by atoms with Crippen LogP contribution in [-0.4, -0.2) is 37.0 Å². The number of nitrogens with one attached hydrogen (secondary N) is 1. The summed E-state index contributed by atoms with van der Waals surface area (Å²) in [5, 5.41) is 5.72. The van der Waals surface area contributed by atoms with Crippen molar-refractivity contribution < 1.29 is 9.53 Å². The highest BCUT2D eigenvalue weighted by atomic mass is 16.5. The predicted octanol–water partition coefficient (Wildman–Crippen LogP) is 4.73. The van der Waals surface area contributed by atoms with Gasteiger partial charge in [-0.05, 0) is 66.9 Å². The molecule has 0 radical (unpaired) electrons. The van der Waals surface area contributed by atoms with E-state index in [0.717, 1.165) is 24.4 Å². The van der Waals surface area contributed by atoms with E-state index in [1.165, 1.54) is 29.2 Å². The molecule has 0 bridgehead atoms. The third-order valence-corrected chi connectivity index (χ3v) is 5.86. The fourth-order valence-electron chi connectivity index (χ4n) is 4.36. The van der Waals surface area contributed by atoms with Crippen LogP contribution in [0.4, 0.5) is 0 Å². The molecular formula is C26H30N2O2. The van der Waals surface area contributed by atoms with E-state index in [2.05, 4.69) is 52.7 Å². The summed E-state index contributed by atoms with van der Waals surface area (Å²) in [7, 11) is 0. The highest BCUT2D eigenvalue weighted by Crippen LogP contribution is 2.30. The van der Waals surface area contributed by atoms with Gasteiger partial charge in [-0.15, -0.1) is 0 Å². The van der Waals surface area contributed by atoms with Crippen LogP contribution < -0.4 is 10.1 Å². The Morgan fingerprint density at radius 2 is 1.73 bits per heavy atom. The maximum atomic E-state index is 12.7. The van der Waals surface area contributed by atoms with Crippen molar-refractivity contribution in [3.05, 3.63) is 77.9 Å². The summed E-state index contributed by atoms with van der Waals surface area (Å²) in [6.45, 7) is 5.41. The molecule has 4 heteroatoms. The number of likely N-dealkylation sites (tertiary alicyclic amines) is 1. The Labute approximate surface area is 178 Å². The number of fused-ring (bicyclic) bond motifs is 1. The first kappa shape index (κ1) is 20.4. The third kappa shape index (κ3) is 4.82. The lowest BCUT2D eigenvalue weighted by Gasteiger charge is -2.29. The van der Waals surface area contributed by atoms with Gasteiger partial charge in [0.2, 0.25) is 5.91 Å². The summed E-state index contributed by atoms with van der Waals surface area (Å²) >= 11 is 0. The molecule has 1 amide bonds. The lowest BCUT2D eigenvalue weighted by atomic mass is 9.97. The molecule has 3 aromatic carbocycles. The normalized spacial score (nSPS) is 15.2. The van der Waals surface area contributed by atoms with E-state index in [0.29, 0.717) is 19.6 Å². The summed E-state index contributed by atoms with van der Waals surface area (Å²) in [5.74, 6) is 0.898. The molecule has 0 aromatic heterocycles. The van der Waals surface area contributed by atoms with E-state index in [9.17, 15) is 4.79 Å². The Kier molecular flexibility index (Phi) is 6.65. The molecule has 1 aliphatic heterocycles. The zero-order valence-electron chi connectivity index (χ0n) is 17.6. The molecule has 156 valence electrons. The number of benzene rings is 3. The molecule has 1 atom stereocenters. The number of hydrogen-bond donors (Lipinski definition) is 1. The SMILES string of the molecule is CCOc1ccc(CC(=O)NC[C@H](c2cccc3ccccc23)N2CCCC2)cc1. The number of carbonyl (C=O) groups is 1. The second-order valence-electron chi connectivity index (χ2n) is 7.89. The minimum atomic E-state index is 0.0589. The molecule has 0 saturated carbocycles. The lowest BCUT2D eigenvalue weighted by molar-refractivity contribution is -0.120. The van der Waals surface area contributed by atoms with Crippen LogP contribution in [0.25, 0.3) is 10.8 Å². The molecule has 4 rings (SSSR count). The summed E-state index contributed by atoms with van der Waals surface area (Å²) < 4.78 is 5.48. The van der Waals surface area contributed by atoms with E-state index in [-0.39, 0.29) is 11.9 Å². The van der Waals surface area contributed by atoms with Crippen LogP contribution in [0.2, 0.25) is 0 Å². The largest absolute Gasteiger partial charge is 0.494 e. The molecule has 3 aromatic rings. The lowest BCUT2D eigenvalue weighted by Crippen LogP contribution is -2.37. The maximum absolute atomic E-state index is 12.7. The molecule has 0 unspecified atom stereocenters. The van der Waals surface area contributed by atoms with E-state index in [4.69, 9.17) is 4.74 Å². The summed E-state index contributed by atoms with van der Waals surface area (Å²) in [5.41, 5.74) is 2.30. The first-order valence-corrected chi connectivity index (χ1v) is 10.9. The van der Waals surface area contributed by atoms with Gasteiger partial charge in [0.25, 0.3) is 0 Å². The van der Waals surface area contributed by atoms with Crippen LogP contribution in [0.5, 0.6) is 5.75 Å². The topological polar surface area (TPSA) is 41.6 Å². The van der Waals surface area contributed by atoms with Gasteiger partial charge in [-0.25, -0.2) is 0 Å². The van der Waals surface area contributed by atoms with Crippen molar-refractivity contribution in [2.24, 2.45) is 0 Å². The van der Waals surface area contributed by atoms with Crippen molar-refractivity contribution in [1.29, 1.82) is 0 Å². The van der Waals surface area contributed by atoms with Gasteiger partial charge in [0, 0.05) is 6.54 Å². The number of amides is 1. The quantitative estimate of drug-likeness (QED) is 0.592. The minimum absolute atomic E-state index is 0.0589. The van der Waals surface area contributed by atoms with E-state index in [1.54, 1.807) is 0 Å². The number of ether oxygens (including phenoxy) is 1. The third-order valence-electron chi connectivity index (χ3n) is 5.86. The van der Waals surface area contributed by atoms with Gasteiger partial charge in [0.05, 0.1) is 19.1 Å². The summed E-state index contributed by atoms with van der Waals surface area (Å²) in [6, 6.07) is 23.0. The van der Waals surface area contributed by atoms with Crippen LogP contribution in [0.3, 0.4) is 0 Å². The molecule has 4 nitrogen and oxygen atoms in total. The highest BCUT2D eigenvalue weighted by molar-refractivity contribution is 5.86. The molecule has 1 saturated heterocycles. The first-order chi connectivity index (χ1) is 14.7. The number of rotatable bonds is 8. The monoisotopic (exact) mass is 402 g/mol. The molecule has 0 spiro atoms. The van der Waals surface area contributed by atoms with Crippen LogP contribution >= 0.6 is 0 Å². The smallest absolute Gasteiger partial charge is 0.224 e. The highest BCUT2D eigenvalue weighted by Gasteiger charge is 2.25. The van der Waals surface area contributed by atoms with Crippen LogP contribution in [-0.2, 0) is 11.2 Å². The van der Waals surface area contributed by atoms with E-state index >= 15 is 0 Å². The van der Waals surface area contributed by atoms with Gasteiger partial charge in [-0.2, -0.15) is 0 Å². The number of nitrogens with zero attached hydrogens (tertiary/aromatic N) is 1. The minimum Gasteiger partial charge on any atom is -0.494 e. The Morgan fingerprint density at radius 1 is 1.00 bits per heavy atom. The van der Waals surface area contributed by atoms with E-state index in [1.807, 2.05) is 31.2 Å². The maximum Gasteiger partial charge on any atom is 0.224 e. The number of hydrogen-bond acceptors (Lipinski definition) is 3. The molecule has 0 aliphatic carbocycles. The van der Waals surface area contributed by atoms with Gasteiger partial charge in [-0.1, -0.05) is 54.6 Å². The van der Waals surface area contributed by atoms with Crippen molar-refractivity contribution in [3.8, 4) is 5.75 Å². The van der Waals surface area contributed by atoms with E-state index < -0.39 is 0 Å². The number of carbonyl (C=O) groups excluding carboxylic acids is 1. The molecular weight excluding hydrogens is 372 g/mol. The molecule has 1 N–H and O–H groups in total. The van der Waals surface area contributed by atoms with Crippen molar-refractivity contribution in [3.63, 3.8) is 0 Å². The second kappa shape index (κ2) is 9.77. The first-order valence-electron chi connectivity index (χ1n) is 10.9. The van der Waals surface area contributed by atoms with Gasteiger partial charge < -0.3 is 10.1 Å². The summed E-state index contributed by atoms with van der Waals surface area (Å²) in [4.78, 5) is 15.2. The van der Waals surface area contributed by atoms with Crippen LogP contribution in [0, 0.1) is 0 Å². The fourth-order valence-corrected chi connectivity index (χ4v) is 4.36. The molecule has 1 aliphatic rings. The average Bonchev–Trinajstić information content (AvgIpc) is 3.30. The zero-order valence-corrected chi connectivity index (χ0v) is 17.6. The average molecular weight is 403 g/mol. The predicted molar refractivity (Wildman–Crippen MR) is 122 cm³/mol. The van der Waals surface area contributed by atoms with Crippen molar-refractivity contribution >= 4 is 16.7 Å². The van der Waals surface area contributed by atoms with Gasteiger partial charge in [0.15, 0.2) is 0 Å². The zero-order chi connectivity index (χ0) is 20.8. The second-order valence-corrected chi connectivity index (χ2v) is 7.89. The van der Waals surface area contributed by atoms with Gasteiger partial charge in [-0.3, -0.25) is 9.69 Å². The Bertz CT molecular complexity index is 972. The Morgan fingerprint density at radius 3 is 2.50 bits per heavy atom. The molecule has 30 heavy (non-hydrogen) atoms. The Hall–Kier alpha value is -2.85. The van der Waals surface area contributed by atoms with Gasteiger partial charge >= 0.3 is 0 Å². The van der Waals surface area contributed by atoms with Crippen molar-refractivity contribution in [1.82, 2.24) is 10.2 Å². The summed E-state index contributed by atoms with van der Waals surface area (Å²) in [6.07, 6.45) is 2.83.